The third-order valence-electron chi connectivity index (χ3n) is 4.66. The molecule has 0 bridgehead atoms. The summed E-state index contributed by atoms with van der Waals surface area (Å²) in [5, 5.41) is 2.60. The van der Waals surface area contributed by atoms with Gasteiger partial charge in [-0.3, -0.25) is 0 Å². The topological polar surface area (TPSA) is 49.8 Å². The van der Waals surface area contributed by atoms with Crippen LogP contribution < -0.4 is 10.3 Å². The number of nitrogens with zero attached hydrogens (tertiary/aromatic N) is 1. The van der Waals surface area contributed by atoms with Gasteiger partial charge >= 0.3 is 7.12 Å². The zero-order valence-electron chi connectivity index (χ0n) is 13.8. The van der Waals surface area contributed by atoms with Crippen molar-refractivity contribution in [2.75, 3.05) is 13.2 Å². The highest BCUT2D eigenvalue weighted by Gasteiger charge is 2.52. The number of rotatable bonds is 4. The van der Waals surface area contributed by atoms with E-state index in [-0.39, 0.29) is 17.3 Å². The second-order valence-electron chi connectivity index (χ2n) is 6.93. The van der Waals surface area contributed by atoms with E-state index in [4.69, 9.17) is 18.8 Å². The molecule has 1 aromatic rings. The van der Waals surface area contributed by atoms with Gasteiger partial charge in [0.25, 0.3) is 5.19 Å². The molecule has 5 nitrogen and oxygen atoms in total. The summed E-state index contributed by atoms with van der Waals surface area (Å²) in [7, 11) is -0.426. The van der Waals surface area contributed by atoms with Crippen molar-refractivity contribution in [3.63, 3.8) is 0 Å². The van der Waals surface area contributed by atoms with Crippen molar-refractivity contribution in [1.82, 2.24) is 4.98 Å². The Morgan fingerprint density at radius 3 is 2.64 bits per heavy atom. The van der Waals surface area contributed by atoms with Crippen LogP contribution in [0.2, 0.25) is 0 Å². The van der Waals surface area contributed by atoms with E-state index >= 15 is 0 Å². The normalized spacial score (nSPS) is 27.1. The van der Waals surface area contributed by atoms with Crippen molar-refractivity contribution in [3.05, 3.63) is 5.38 Å². The Labute approximate surface area is 136 Å². The number of thiazole rings is 1. The Kier molecular flexibility index (Phi) is 4.51. The molecular weight excluding hydrogens is 301 g/mol. The molecule has 0 N–H and O–H groups in total. The molecule has 2 fully saturated rings. The molecule has 1 atom stereocenters. The minimum absolute atomic E-state index is 0.193. The highest BCUT2D eigenvalue weighted by atomic mass is 32.1. The van der Waals surface area contributed by atoms with Crippen LogP contribution in [0.15, 0.2) is 5.38 Å². The van der Waals surface area contributed by atoms with Crippen LogP contribution in [0.1, 0.15) is 47.0 Å². The van der Waals surface area contributed by atoms with E-state index < -0.39 is 7.12 Å². The third-order valence-corrected chi connectivity index (χ3v) is 5.43. The average Bonchev–Trinajstić information content (AvgIpc) is 3.01. The summed E-state index contributed by atoms with van der Waals surface area (Å²) in [6.45, 7) is 9.56. The molecule has 22 heavy (non-hydrogen) atoms. The van der Waals surface area contributed by atoms with Crippen molar-refractivity contribution in [1.29, 1.82) is 0 Å². The number of hydrogen-bond donors (Lipinski definition) is 0. The molecule has 0 radical (unpaired) electrons. The van der Waals surface area contributed by atoms with Crippen molar-refractivity contribution in [2.24, 2.45) is 0 Å². The molecule has 0 aliphatic carbocycles. The van der Waals surface area contributed by atoms with Gasteiger partial charge in [-0.05, 0) is 47.0 Å². The van der Waals surface area contributed by atoms with Gasteiger partial charge in [0.2, 0.25) is 0 Å². The number of aromatic nitrogens is 1. The van der Waals surface area contributed by atoms with Crippen molar-refractivity contribution < 1.29 is 18.8 Å². The molecule has 0 aromatic carbocycles. The molecule has 2 aliphatic heterocycles. The van der Waals surface area contributed by atoms with Crippen LogP contribution >= 0.6 is 11.3 Å². The maximum Gasteiger partial charge on any atom is 0.515 e. The zero-order valence-corrected chi connectivity index (χ0v) is 14.6. The fourth-order valence-corrected chi connectivity index (χ4v) is 3.19. The van der Waals surface area contributed by atoms with E-state index in [0.29, 0.717) is 11.8 Å². The molecule has 7 heteroatoms. The molecule has 0 amide bonds. The van der Waals surface area contributed by atoms with Crippen LogP contribution in [0, 0.1) is 0 Å². The smallest absolute Gasteiger partial charge is 0.467 e. The number of ether oxygens (including phenoxy) is 2. The van der Waals surface area contributed by atoms with E-state index in [1.54, 1.807) is 0 Å². The Morgan fingerprint density at radius 1 is 1.27 bits per heavy atom. The average molecular weight is 325 g/mol. The molecule has 2 saturated heterocycles. The summed E-state index contributed by atoms with van der Waals surface area (Å²) in [6.07, 6.45) is 3.62. The summed E-state index contributed by atoms with van der Waals surface area (Å²) in [5.74, 6) is 0. The van der Waals surface area contributed by atoms with E-state index in [1.165, 1.54) is 17.8 Å². The van der Waals surface area contributed by atoms with E-state index in [2.05, 4.69) is 4.98 Å². The first-order chi connectivity index (χ1) is 10.4. The molecule has 3 heterocycles. The van der Waals surface area contributed by atoms with Gasteiger partial charge in [-0.25, -0.2) is 4.98 Å². The summed E-state index contributed by atoms with van der Waals surface area (Å²) >= 11 is 1.48. The first-order valence-electron chi connectivity index (χ1n) is 7.93. The Bertz CT molecular complexity index is 497. The van der Waals surface area contributed by atoms with Crippen molar-refractivity contribution >= 4 is 24.0 Å². The van der Waals surface area contributed by atoms with Crippen LogP contribution in [0.25, 0.3) is 0 Å². The molecular formula is C15H24BNO4S. The van der Waals surface area contributed by atoms with Gasteiger partial charge in [0.15, 0.2) is 0 Å². The van der Waals surface area contributed by atoms with Crippen LogP contribution in [-0.2, 0) is 14.0 Å². The van der Waals surface area contributed by atoms with Gasteiger partial charge in [-0.1, -0.05) is 11.3 Å². The summed E-state index contributed by atoms with van der Waals surface area (Å²) in [6, 6.07) is 0. The maximum absolute atomic E-state index is 6.00. The molecule has 122 valence electrons. The number of hydrogen-bond acceptors (Lipinski definition) is 6. The van der Waals surface area contributed by atoms with Crippen LogP contribution in [0.5, 0.6) is 5.19 Å². The van der Waals surface area contributed by atoms with Gasteiger partial charge in [0, 0.05) is 12.0 Å². The summed E-state index contributed by atoms with van der Waals surface area (Å²) in [5.41, 5.74) is 0.0828. The molecule has 0 saturated carbocycles. The standard InChI is InChI=1S/C15H24BNO4S/c1-14(2)15(3,4)21-16(20-14)12-10-22-13(17-12)19-9-11-7-5-6-8-18-11/h10-11H,5-9H2,1-4H3. The van der Waals surface area contributed by atoms with Gasteiger partial charge in [0.1, 0.15) is 6.61 Å². The lowest BCUT2D eigenvalue weighted by Gasteiger charge is -2.32. The molecule has 1 unspecified atom stereocenters. The van der Waals surface area contributed by atoms with Crippen molar-refractivity contribution in [2.45, 2.75) is 64.3 Å². The van der Waals surface area contributed by atoms with E-state index in [0.717, 1.165) is 25.0 Å². The fourth-order valence-electron chi connectivity index (χ4n) is 2.51. The van der Waals surface area contributed by atoms with E-state index in [9.17, 15) is 0 Å². The Hall–Kier alpha value is -0.625. The third kappa shape index (κ3) is 3.32. The summed E-state index contributed by atoms with van der Waals surface area (Å²) < 4.78 is 23.4. The molecule has 3 rings (SSSR count). The molecule has 1 aromatic heterocycles. The maximum atomic E-state index is 6.00. The minimum atomic E-state index is -0.426. The Morgan fingerprint density at radius 2 is 2.00 bits per heavy atom. The van der Waals surface area contributed by atoms with E-state index in [1.807, 2.05) is 33.1 Å². The minimum Gasteiger partial charge on any atom is -0.467 e. The van der Waals surface area contributed by atoms with Gasteiger partial charge < -0.3 is 18.8 Å². The SMILES string of the molecule is CC1(C)OB(c2csc(OCC3CCCCO3)n2)OC1(C)C. The van der Waals surface area contributed by atoms with Crippen molar-refractivity contribution in [3.8, 4) is 5.19 Å². The lowest BCUT2D eigenvalue weighted by atomic mass is 9.86. The molecule has 0 spiro atoms. The molecule has 2 aliphatic rings. The second kappa shape index (κ2) is 6.11. The van der Waals surface area contributed by atoms with Gasteiger partial charge in [0.05, 0.1) is 22.9 Å². The van der Waals surface area contributed by atoms with Gasteiger partial charge in [-0.2, -0.15) is 0 Å². The lowest BCUT2D eigenvalue weighted by Crippen LogP contribution is -2.41. The predicted molar refractivity (Wildman–Crippen MR) is 86.9 cm³/mol. The van der Waals surface area contributed by atoms with Crippen LogP contribution in [-0.4, -0.2) is 42.6 Å². The fraction of sp³-hybridized carbons (Fsp3) is 0.800. The van der Waals surface area contributed by atoms with Gasteiger partial charge in [-0.15, -0.1) is 0 Å². The second-order valence-corrected chi connectivity index (χ2v) is 7.75. The monoisotopic (exact) mass is 325 g/mol. The summed E-state index contributed by atoms with van der Waals surface area (Å²) in [4.78, 5) is 4.50. The largest absolute Gasteiger partial charge is 0.515 e. The lowest BCUT2D eigenvalue weighted by molar-refractivity contribution is -0.0110. The quantitative estimate of drug-likeness (QED) is 0.796. The first-order valence-corrected chi connectivity index (χ1v) is 8.81. The highest BCUT2D eigenvalue weighted by molar-refractivity contribution is 7.12. The zero-order chi connectivity index (χ0) is 15.8. The highest BCUT2D eigenvalue weighted by Crippen LogP contribution is 2.36. The predicted octanol–water partition coefficient (Wildman–Crippen LogP) is 2.39. The Balaban J connectivity index is 1.57. The van der Waals surface area contributed by atoms with Crippen LogP contribution in [0.4, 0.5) is 0 Å². The first kappa shape index (κ1) is 16.2. The van der Waals surface area contributed by atoms with Crippen LogP contribution in [0.3, 0.4) is 0 Å².